The fraction of sp³-hybridized carbons (Fsp3) is 0.0909. The molecule has 7 nitrogen and oxygen atoms in total. The number of carbonyl (C=O) groups is 2. The zero-order valence-electron chi connectivity index (χ0n) is 16.6. The molecule has 3 aromatic rings. The number of nitrogens with one attached hydrogen (secondary N) is 1. The summed E-state index contributed by atoms with van der Waals surface area (Å²) >= 11 is 3.34. The molecule has 31 heavy (non-hydrogen) atoms. The van der Waals surface area contributed by atoms with Crippen LogP contribution in [0.1, 0.15) is 15.9 Å². The van der Waals surface area contributed by atoms with Crippen molar-refractivity contribution in [3.63, 3.8) is 0 Å². The summed E-state index contributed by atoms with van der Waals surface area (Å²) in [5.41, 5.74) is 6.92. The van der Waals surface area contributed by atoms with Crippen LogP contribution in [-0.4, -0.2) is 26.8 Å². The number of nitrogens with zero attached hydrogens (tertiary/aromatic N) is 1. The van der Waals surface area contributed by atoms with Gasteiger partial charge in [-0.25, -0.2) is 8.42 Å². The summed E-state index contributed by atoms with van der Waals surface area (Å²) in [4.78, 5) is 24.5. The van der Waals surface area contributed by atoms with Crippen molar-refractivity contribution in [1.82, 2.24) is 0 Å². The molecule has 0 aromatic heterocycles. The Hall–Kier alpha value is -3.17. The number of hydrogen-bond acceptors (Lipinski definition) is 4. The summed E-state index contributed by atoms with van der Waals surface area (Å²) in [6.07, 6.45) is 0. The van der Waals surface area contributed by atoms with Crippen LogP contribution in [0, 0.1) is 6.92 Å². The van der Waals surface area contributed by atoms with E-state index in [1.54, 1.807) is 48.5 Å². The van der Waals surface area contributed by atoms with E-state index in [0.29, 0.717) is 10.2 Å². The molecule has 0 atom stereocenters. The molecule has 9 heteroatoms. The van der Waals surface area contributed by atoms with Crippen molar-refractivity contribution in [3.8, 4) is 0 Å². The molecule has 0 aliphatic carbocycles. The molecule has 160 valence electrons. The highest BCUT2D eigenvalue weighted by Gasteiger charge is 2.27. The van der Waals surface area contributed by atoms with Gasteiger partial charge in [-0.3, -0.25) is 13.9 Å². The van der Waals surface area contributed by atoms with Gasteiger partial charge in [0.15, 0.2) is 0 Å². The minimum absolute atomic E-state index is 0.0587. The van der Waals surface area contributed by atoms with E-state index in [-0.39, 0.29) is 16.1 Å². The van der Waals surface area contributed by atoms with E-state index in [2.05, 4.69) is 21.2 Å². The number of amides is 2. The van der Waals surface area contributed by atoms with Crippen LogP contribution >= 0.6 is 15.9 Å². The number of hydrogen-bond donors (Lipinski definition) is 2. The third-order valence-corrected chi connectivity index (χ3v) is 6.74. The van der Waals surface area contributed by atoms with Gasteiger partial charge < -0.3 is 11.1 Å². The molecule has 0 heterocycles. The molecule has 0 unspecified atom stereocenters. The van der Waals surface area contributed by atoms with Crippen molar-refractivity contribution in [1.29, 1.82) is 0 Å². The Labute approximate surface area is 189 Å². The number of aryl methyl sites for hydroxylation is 1. The fourth-order valence-corrected chi connectivity index (χ4v) is 4.71. The number of benzene rings is 3. The first-order valence-electron chi connectivity index (χ1n) is 9.22. The highest BCUT2D eigenvalue weighted by molar-refractivity contribution is 9.10. The topological polar surface area (TPSA) is 110 Å². The normalized spacial score (nSPS) is 11.0. The van der Waals surface area contributed by atoms with Crippen molar-refractivity contribution in [2.24, 2.45) is 5.73 Å². The number of anilines is 2. The molecule has 0 radical (unpaired) electrons. The van der Waals surface area contributed by atoms with Crippen LogP contribution in [0.5, 0.6) is 0 Å². The van der Waals surface area contributed by atoms with Crippen LogP contribution in [0.3, 0.4) is 0 Å². The monoisotopic (exact) mass is 501 g/mol. The Bertz CT molecular complexity index is 1230. The Morgan fingerprint density at radius 1 is 1.00 bits per heavy atom. The molecule has 0 saturated heterocycles. The van der Waals surface area contributed by atoms with Crippen LogP contribution in [0.25, 0.3) is 0 Å². The lowest BCUT2D eigenvalue weighted by atomic mass is 10.1. The molecule has 0 fully saturated rings. The third kappa shape index (κ3) is 5.31. The highest BCUT2D eigenvalue weighted by Crippen LogP contribution is 2.27. The molecule has 0 aliphatic heterocycles. The van der Waals surface area contributed by atoms with E-state index in [4.69, 9.17) is 5.73 Å². The number of para-hydroxylation sites is 1. The number of nitrogens with two attached hydrogens (primary N) is 1. The Morgan fingerprint density at radius 2 is 1.68 bits per heavy atom. The van der Waals surface area contributed by atoms with Crippen LogP contribution < -0.4 is 15.4 Å². The summed E-state index contributed by atoms with van der Waals surface area (Å²) in [6.45, 7) is 1.35. The second-order valence-electron chi connectivity index (χ2n) is 6.76. The van der Waals surface area contributed by atoms with Crippen molar-refractivity contribution < 1.29 is 18.0 Å². The maximum atomic E-state index is 13.4. The van der Waals surface area contributed by atoms with E-state index in [9.17, 15) is 18.0 Å². The zero-order chi connectivity index (χ0) is 22.6. The van der Waals surface area contributed by atoms with Gasteiger partial charge in [0.2, 0.25) is 5.91 Å². The zero-order valence-corrected chi connectivity index (χ0v) is 19.0. The highest BCUT2D eigenvalue weighted by atomic mass is 79.9. The molecule has 3 N–H and O–H groups in total. The fourth-order valence-electron chi connectivity index (χ4n) is 2.91. The number of halogens is 1. The van der Waals surface area contributed by atoms with Crippen molar-refractivity contribution in [2.75, 3.05) is 16.2 Å². The van der Waals surface area contributed by atoms with Crippen molar-refractivity contribution in [3.05, 3.63) is 88.4 Å². The van der Waals surface area contributed by atoms with E-state index in [1.807, 2.05) is 6.92 Å². The van der Waals surface area contributed by atoms with Gasteiger partial charge in [0.25, 0.3) is 15.9 Å². The lowest BCUT2D eigenvalue weighted by molar-refractivity contribution is -0.114. The van der Waals surface area contributed by atoms with E-state index >= 15 is 0 Å². The van der Waals surface area contributed by atoms with E-state index < -0.39 is 28.4 Å². The molecular weight excluding hydrogens is 482 g/mol. The van der Waals surface area contributed by atoms with Gasteiger partial charge >= 0.3 is 0 Å². The van der Waals surface area contributed by atoms with Gasteiger partial charge in [-0.15, -0.1) is 0 Å². The minimum atomic E-state index is -4.04. The maximum Gasteiger partial charge on any atom is 0.264 e. The van der Waals surface area contributed by atoms with Gasteiger partial charge in [-0.1, -0.05) is 51.8 Å². The summed E-state index contributed by atoms with van der Waals surface area (Å²) in [5, 5.41) is 2.58. The van der Waals surface area contributed by atoms with Gasteiger partial charge in [0, 0.05) is 4.47 Å². The first-order valence-corrected chi connectivity index (χ1v) is 11.5. The molecule has 2 amide bonds. The van der Waals surface area contributed by atoms with Crippen molar-refractivity contribution >= 4 is 49.1 Å². The second kappa shape index (κ2) is 9.32. The Morgan fingerprint density at radius 3 is 2.32 bits per heavy atom. The molecule has 3 rings (SSSR count). The summed E-state index contributed by atoms with van der Waals surface area (Å²) in [5.74, 6) is -1.32. The lowest BCUT2D eigenvalue weighted by Crippen LogP contribution is -2.38. The van der Waals surface area contributed by atoms with Crippen LogP contribution in [0.2, 0.25) is 0 Å². The number of sulfonamides is 1. The maximum absolute atomic E-state index is 13.4. The number of primary amides is 1. The summed E-state index contributed by atoms with van der Waals surface area (Å²) in [7, 11) is -4.04. The Balaban J connectivity index is 1.97. The standard InChI is InChI=1S/C22H20BrN3O4S/c1-15-9-11-18(12-10-15)31(29,30)26(17-6-4-5-16(23)13-17)14-21(27)25-20-8-3-2-7-19(20)22(24)28/h2-13H,14H2,1H3,(H2,24,28)(H,25,27). The molecule has 0 saturated carbocycles. The van der Waals surface area contributed by atoms with Gasteiger partial charge in [0.1, 0.15) is 6.54 Å². The average Bonchev–Trinajstić information content (AvgIpc) is 2.72. The SMILES string of the molecule is Cc1ccc(S(=O)(=O)N(CC(=O)Nc2ccccc2C(N)=O)c2cccc(Br)c2)cc1. The van der Waals surface area contributed by atoms with Gasteiger partial charge in [-0.2, -0.15) is 0 Å². The predicted molar refractivity (Wildman–Crippen MR) is 123 cm³/mol. The Kier molecular flexibility index (Phi) is 6.77. The quantitative estimate of drug-likeness (QED) is 0.514. The van der Waals surface area contributed by atoms with Crippen LogP contribution in [0.4, 0.5) is 11.4 Å². The summed E-state index contributed by atoms with van der Waals surface area (Å²) in [6, 6.07) is 19.3. The lowest BCUT2D eigenvalue weighted by Gasteiger charge is -2.24. The van der Waals surface area contributed by atoms with E-state index in [0.717, 1.165) is 9.87 Å². The molecular formula is C22H20BrN3O4S. The number of carbonyl (C=O) groups excluding carboxylic acids is 2. The van der Waals surface area contributed by atoms with Gasteiger partial charge in [-0.05, 0) is 49.4 Å². The predicted octanol–water partition coefficient (Wildman–Crippen LogP) is 3.69. The third-order valence-electron chi connectivity index (χ3n) is 4.46. The molecule has 0 spiro atoms. The van der Waals surface area contributed by atoms with Crippen LogP contribution in [0.15, 0.2) is 82.2 Å². The first-order chi connectivity index (χ1) is 14.7. The first kappa shape index (κ1) is 22.5. The van der Waals surface area contributed by atoms with Crippen LogP contribution in [-0.2, 0) is 14.8 Å². The second-order valence-corrected chi connectivity index (χ2v) is 9.54. The number of rotatable bonds is 7. The largest absolute Gasteiger partial charge is 0.366 e. The smallest absolute Gasteiger partial charge is 0.264 e. The van der Waals surface area contributed by atoms with E-state index in [1.165, 1.54) is 24.3 Å². The summed E-state index contributed by atoms with van der Waals surface area (Å²) < 4.78 is 28.4. The average molecular weight is 502 g/mol. The van der Waals surface area contributed by atoms with Crippen molar-refractivity contribution in [2.45, 2.75) is 11.8 Å². The molecule has 0 aliphatic rings. The van der Waals surface area contributed by atoms with Gasteiger partial charge in [0.05, 0.1) is 21.8 Å². The minimum Gasteiger partial charge on any atom is -0.366 e. The molecule has 3 aromatic carbocycles. The molecule has 0 bridgehead atoms.